The van der Waals surface area contributed by atoms with E-state index in [4.69, 9.17) is 9.72 Å². The molecule has 2 atom stereocenters. The number of aryl methyl sites for hydroxylation is 1. The molecule has 0 saturated heterocycles. The third-order valence-corrected chi connectivity index (χ3v) is 7.41. The van der Waals surface area contributed by atoms with Crippen molar-refractivity contribution in [3.05, 3.63) is 106 Å². The van der Waals surface area contributed by atoms with Gasteiger partial charge in [0.1, 0.15) is 0 Å². The van der Waals surface area contributed by atoms with Gasteiger partial charge in [0.25, 0.3) is 0 Å². The second-order valence-corrected chi connectivity index (χ2v) is 10.3. The molecule has 3 aromatic carbocycles. The summed E-state index contributed by atoms with van der Waals surface area (Å²) in [5.41, 5.74) is 3.09. The maximum Gasteiger partial charge on any atom is 0.217 e. The number of rotatable bonds is 12. The fourth-order valence-electron chi connectivity index (χ4n) is 5.09. The van der Waals surface area contributed by atoms with Gasteiger partial charge in [0, 0.05) is 21.3 Å². The molecule has 0 saturated carbocycles. The standard InChI is InChI=1S/C31H35BrN2O2/c1-33-20-10-9-18-31(35,19-17-23-11-5-3-6-12-23)29(24-13-7-4-8-14-24)27-22-25-21-26(32)15-16-28(25)34-30(27)36-2/h3-8,11-16,21-22,29,33,35H,9-10,17-20H2,1-2H3. The molecule has 36 heavy (non-hydrogen) atoms. The van der Waals surface area contributed by atoms with Crippen LogP contribution in [0.5, 0.6) is 5.88 Å². The molecule has 0 aliphatic carbocycles. The van der Waals surface area contributed by atoms with Gasteiger partial charge in [0.15, 0.2) is 0 Å². The zero-order chi connectivity index (χ0) is 25.4. The van der Waals surface area contributed by atoms with Crippen molar-refractivity contribution in [3.63, 3.8) is 0 Å². The Morgan fingerprint density at radius 2 is 1.67 bits per heavy atom. The van der Waals surface area contributed by atoms with Crippen molar-refractivity contribution < 1.29 is 9.84 Å². The summed E-state index contributed by atoms with van der Waals surface area (Å²) in [5, 5.41) is 16.8. The topological polar surface area (TPSA) is 54.4 Å². The number of ether oxygens (including phenoxy) is 1. The van der Waals surface area contributed by atoms with E-state index < -0.39 is 5.60 Å². The third kappa shape index (κ3) is 6.33. The third-order valence-electron chi connectivity index (χ3n) is 6.92. The van der Waals surface area contributed by atoms with Crippen LogP contribution in [-0.4, -0.2) is 36.4 Å². The number of hydrogen-bond donors (Lipinski definition) is 2. The van der Waals surface area contributed by atoms with Gasteiger partial charge in [-0.3, -0.25) is 0 Å². The molecule has 188 valence electrons. The van der Waals surface area contributed by atoms with E-state index in [9.17, 15) is 5.11 Å². The fourth-order valence-corrected chi connectivity index (χ4v) is 5.47. The normalized spacial score (nSPS) is 13.9. The summed E-state index contributed by atoms with van der Waals surface area (Å²) >= 11 is 3.60. The Labute approximate surface area is 222 Å². The minimum absolute atomic E-state index is 0.289. The Morgan fingerprint density at radius 3 is 2.36 bits per heavy atom. The fraction of sp³-hybridized carbons (Fsp3) is 0.323. The summed E-state index contributed by atoms with van der Waals surface area (Å²) in [5.74, 6) is 0.273. The van der Waals surface area contributed by atoms with Crippen LogP contribution in [0.3, 0.4) is 0 Å². The van der Waals surface area contributed by atoms with Crippen molar-refractivity contribution in [1.29, 1.82) is 0 Å². The van der Waals surface area contributed by atoms with E-state index in [0.717, 1.165) is 52.3 Å². The van der Waals surface area contributed by atoms with Crippen molar-refractivity contribution in [2.24, 2.45) is 0 Å². The minimum Gasteiger partial charge on any atom is -0.481 e. The molecular formula is C31H35BrN2O2. The minimum atomic E-state index is -0.987. The summed E-state index contributed by atoms with van der Waals surface area (Å²) in [4.78, 5) is 4.86. The van der Waals surface area contributed by atoms with Crippen LogP contribution in [0.2, 0.25) is 0 Å². The lowest BCUT2D eigenvalue weighted by Crippen LogP contribution is -2.38. The van der Waals surface area contributed by atoms with Gasteiger partial charge in [-0.25, -0.2) is 4.98 Å². The molecule has 0 amide bonds. The van der Waals surface area contributed by atoms with Gasteiger partial charge in [-0.15, -0.1) is 0 Å². The summed E-state index contributed by atoms with van der Waals surface area (Å²) in [7, 11) is 3.63. The highest BCUT2D eigenvalue weighted by molar-refractivity contribution is 9.10. The number of pyridine rings is 1. The zero-order valence-corrected chi connectivity index (χ0v) is 22.7. The second kappa shape index (κ2) is 12.5. The number of nitrogens with one attached hydrogen (secondary N) is 1. The molecule has 1 heterocycles. The number of aliphatic hydroxyl groups is 1. The van der Waals surface area contributed by atoms with E-state index in [0.29, 0.717) is 18.7 Å². The summed E-state index contributed by atoms with van der Waals surface area (Å²) in [6, 6.07) is 28.9. The Morgan fingerprint density at radius 1 is 0.944 bits per heavy atom. The van der Waals surface area contributed by atoms with E-state index in [-0.39, 0.29) is 5.92 Å². The zero-order valence-electron chi connectivity index (χ0n) is 21.1. The molecule has 1 aromatic heterocycles. The van der Waals surface area contributed by atoms with Crippen LogP contribution >= 0.6 is 15.9 Å². The first kappa shape index (κ1) is 26.3. The maximum atomic E-state index is 12.6. The number of aromatic nitrogens is 1. The average molecular weight is 548 g/mol. The van der Waals surface area contributed by atoms with Gasteiger partial charge in [-0.1, -0.05) is 76.6 Å². The van der Waals surface area contributed by atoms with E-state index in [1.54, 1.807) is 7.11 Å². The average Bonchev–Trinajstić information content (AvgIpc) is 2.91. The summed E-state index contributed by atoms with van der Waals surface area (Å²) < 4.78 is 6.84. The predicted molar refractivity (Wildman–Crippen MR) is 152 cm³/mol. The number of hydrogen-bond acceptors (Lipinski definition) is 4. The van der Waals surface area contributed by atoms with Crippen LogP contribution in [0.4, 0.5) is 0 Å². The molecule has 0 radical (unpaired) electrons. The molecule has 0 aliphatic rings. The van der Waals surface area contributed by atoms with Gasteiger partial charge < -0.3 is 15.2 Å². The van der Waals surface area contributed by atoms with Crippen LogP contribution in [-0.2, 0) is 6.42 Å². The first-order chi connectivity index (χ1) is 17.5. The Hall–Kier alpha value is -2.73. The largest absolute Gasteiger partial charge is 0.481 e. The van der Waals surface area contributed by atoms with Crippen LogP contribution < -0.4 is 10.1 Å². The van der Waals surface area contributed by atoms with Crippen LogP contribution in [0, 0.1) is 0 Å². The molecule has 4 aromatic rings. The Balaban J connectivity index is 1.83. The first-order valence-corrected chi connectivity index (χ1v) is 13.4. The number of methoxy groups -OCH3 is 1. The van der Waals surface area contributed by atoms with Crippen molar-refractivity contribution in [3.8, 4) is 5.88 Å². The van der Waals surface area contributed by atoms with Crippen molar-refractivity contribution in [1.82, 2.24) is 10.3 Å². The predicted octanol–water partition coefficient (Wildman–Crippen LogP) is 6.89. The molecule has 0 bridgehead atoms. The number of benzene rings is 3. The smallest absolute Gasteiger partial charge is 0.217 e. The van der Waals surface area contributed by atoms with Gasteiger partial charge in [-0.05, 0) is 81.1 Å². The molecule has 0 fully saturated rings. The molecule has 5 heteroatoms. The lowest BCUT2D eigenvalue weighted by atomic mass is 9.72. The lowest BCUT2D eigenvalue weighted by molar-refractivity contribution is 0.00395. The van der Waals surface area contributed by atoms with E-state index in [1.807, 2.05) is 43.4 Å². The molecule has 2 N–H and O–H groups in total. The number of nitrogens with zero attached hydrogens (tertiary/aromatic N) is 1. The number of fused-ring (bicyclic) bond motifs is 1. The molecular weight excluding hydrogens is 512 g/mol. The highest BCUT2D eigenvalue weighted by atomic mass is 79.9. The van der Waals surface area contributed by atoms with Crippen LogP contribution in [0.25, 0.3) is 10.9 Å². The van der Waals surface area contributed by atoms with Crippen molar-refractivity contribution >= 4 is 26.8 Å². The monoisotopic (exact) mass is 546 g/mol. The quantitative estimate of drug-likeness (QED) is 0.190. The van der Waals surface area contributed by atoms with Crippen molar-refractivity contribution in [2.45, 2.75) is 43.6 Å². The summed E-state index contributed by atoms with van der Waals surface area (Å²) in [6.07, 6.45) is 4.04. The highest BCUT2D eigenvalue weighted by Gasteiger charge is 2.40. The molecule has 4 rings (SSSR count). The van der Waals surface area contributed by atoms with Gasteiger partial charge >= 0.3 is 0 Å². The van der Waals surface area contributed by atoms with E-state index >= 15 is 0 Å². The molecule has 0 spiro atoms. The van der Waals surface area contributed by atoms with Gasteiger partial charge in [0.2, 0.25) is 5.88 Å². The first-order valence-electron chi connectivity index (χ1n) is 12.6. The Bertz CT molecular complexity index is 1250. The lowest BCUT2D eigenvalue weighted by Gasteiger charge is -2.38. The van der Waals surface area contributed by atoms with Crippen LogP contribution in [0.15, 0.2) is 89.4 Å². The van der Waals surface area contributed by atoms with Gasteiger partial charge in [0.05, 0.1) is 18.2 Å². The van der Waals surface area contributed by atoms with E-state index in [2.05, 4.69) is 69.8 Å². The SMILES string of the molecule is CNCCCCC(O)(CCc1ccccc1)C(c1ccccc1)c1cc2cc(Br)ccc2nc1OC. The molecule has 0 aliphatic heterocycles. The second-order valence-electron chi connectivity index (χ2n) is 9.42. The molecule has 2 unspecified atom stereocenters. The number of unbranched alkanes of at least 4 members (excludes halogenated alkanes) is 1. The highest BCUT2D eigenvalue weighted by Crippen LogP contribution is 2.45. The van der Waals surface area contributed by atoms with Crippen molar-refractivity contribution in [2.75, 3.05) is 20.7 Å². The number of halogens is 1. The molecule has 4 nitrogen and oxygen atoms in total. The Kier molecular flexibility index (Phi) is 9.13. The maximum absolute atomic E-state index is 12.6. The van der Waals surface area contributed by atoms with Gasteiger partial charge in [-0.2, -0.15) is 0 Å². The van der Waals surface area contributed by atoms with E-state index in [1.165, 1.54) is 5.56 Å². The summed E-state index contributed by atoms with van der Waals surface area (Å²) in [6.45, 7) is 0.930. The van der Waals surface area contributed by atoms with Crippen LogP contribution in [0.1, 0.15) is 48.3 Å².